The lowest BCUT2D eigenvalue weighted by Gasteiger charge is -2.44. The number of hydrogen-bond donors (Lipinski definition) is 1. The minimum atomic E-state index is -0.261. The van der Waals surface area contributed by atoms with Crippen molar-refractivity contribution in [2.75, 3.05) is 10.2 Å². The van der Waals surface area contributed by atoms with E-state index in [-0.39, 0.29) is 27.1 Å². The molecule has 2 nitrogen and oxygen atoms in total. The molecule has 0 amide bonds. The van der Waals surface area contributed by atoms with Gasteiger partial charge in [0.05, 0.1) is 0 Å². The molecule has 359 valence electrons. The van der Waals surface area contributed by atoms with E-state index in [9.17, 15) is 0 Å². The Kier molecular flexibility index (Phi) is 10.5. The predicted molar refractivity (Wildman–Crippen MR) is 310 cm³/mol. The molecule has 0 atom stereocenters. The molecule has 0 aromatic heterocycles. The molecule has 12 rings (SSSR count). The van der Waals surface area contributed by atoms with Crippen LogP contribution in [0.25, 0.3) is 44.5 Å². The number of hydrogen-bond acceptors (Lipinski definition) is 2. The maximum absolute atomic E-state index is 4.20. The lowest BCUT2D eigenvalue weighted by molar-refractivity contribution is 0.332. The van der Waals surface area contributed by atoms with Gasteiger partial charge in [-0.05, 0) is 187 Å². The number of fused-ring (bicyclic) bond motifs is 7. The van der Waals surface area contributed by atoms with E-state index in [1.165, 1.54) is 142 Å². The van der Waals surface area contributed by atoms with Crippen molar-refractivity contribution in [3.8, 4) is 44.5 Å². The van der Waals surface area contributed by atoms with Gasteiger partial charge in [-0.2, -0.15) is 0 Å². The summed E-state index contributed by atoms with van der Waals surface area (Å²) in [7, 11) is 2.52. The van der Waals surface area contributed by atoms with Crippen LogP contribution in [0.4, 0.5) is 28.4 Å². The first-order valence-electron chi connectivity index (χ1n) is 26.7. The van der Waals surface area contributed by atoms with E-state index in [0.29, 0.717) is 0 Å². The first-order chi connectivity index (χ1) is 34.2. The fourth-order valence-electron chi connectivity index (χ4n) is 13.3. The van der Waals surface area contributed by atoms with Gasteiger partial charge in [-0.3, -0.25) is 0 Å². The molecule has 1 heterocycles. The van der Waals surface area contributed by atoms with Crippen LogP contribution in [0, 0.1) is 13.8 Å². The Bertz CT molecular complexity index is 3510. The van der Waals surface area contributed by atoms with Crippen molar-refractivity contribution < 1.29 is 0 Å². The molecule has 3 aliphatic carbocycles. The summed E-state index contributed by atoms with van der Waals surface area (Å²) in [5.74, 6) is 0. The normalized spacial score (nSPS) is 17.9. The highest BCUT2D eigenvalue weighted by molar-refractivity contribution is 6.73. The smallest absolute Gasteiger partial charge is 0.197 e. The zero-order chi connectivity index (χ0) is 50.3. The Balaban J connectivity index is 1.18. The zero-order valence-corrected chi connectivity index (χ0v) is 44.8. The summed E-state index contributed by atoms with van der Waals surface area (Å²) in [5, 5.41) is 4.20. The third kappa shape index (κ3) is 7.27. The Hall–Kier alpha value is -6.58. The summed E-state index contributed by atoms with van der Waals surface area (Å²) in [6.07, 6.45) is 4.70. The molecule has 0 unspecified atom stereocenters. The minimum absolute atomic E-state index is 0.0394. The number of aryl methyl sites for hydroxylation is 2. The van der Waals surface area contributed by atoms with E-state index < -0.39 is 0 Å². The van der Waals surface area contributed by atoms with Crippen LogP contribution < -0.4 is 21.1 Å². The van der Waals surface area contributed by atoms with Crippen LogP contribution in [-0.4, -0.2) is 7.28 Å². The predicted octanol–water partition coefficient (Wildman–Crippen LogP) is 17.5. The Morgan fingerprint density at radius 2 is 0.903 bits per heavy atom. The van der Waals surface area contributed by atoms with Crippen LogP contribution in [0.5, 0.6) is 0 Å². The minimum Gasteiger partial charge on any atom is -0.355 e. The van der Waals surface area contributed by atoms with Gasteiger partial charge in [-0.15, -0.1) is 0 Å². The average Bonchev–Trinajstić information content (AvgIpc) is 3.59. The van der Waals surface area contributed by atoms with Gasteiger partial charge in [-0.25, -0.2) is 0 Å². The van der Waals surface area contributed by atoms with E-state index in [4.69, 9.17) is 0 Å². The van der Waals surface area contributed by atoms with Crippen molar-refractivity contribution in [2.24, 2.45) is 0 Å². The van der Waals surface area contributed by atoms with E-state index in [1.54, 1.807) is 0 Å². The van der Waals surface area contributed by atoms with Crippen molar-refractivity contribution in [3.05, 3.63) is 196 Å². The molecular formula is C69H70BN2. The molecule has 3 heteroatoms. The van der Waals surface area contributed by atoms with Gasteiger partial charge >= 0.3 is 0 Å². The monoisotopic (exact) mass is 938 g/mol. The summed E-state index contributed by atoms with van der Waals surface area (Å²) in [6.45, 7) is 29.1. The van der Waals surface area contributed by atoms with Crippen molar-refractivity contribution in [1.82, 2.24) is 0 Å². The second-order valence-electron chi connectivity index (χ2n) is 25.1. The molecule has 0 bridgehead atoms. The van der Waals surface area contributed by atoms with Crippen molar-refractivity contribution in [1.29, 1.82) is 0 Å². The second-order valence-corrected chi connectivity index (χ2v) is 25.1. The van der Waals surface area contributed by atoms with Gasteiger partial charge in [0.1, 0.15) is 0 Å². The van der Waals surface area contributed by atoms with Gasteiger partial charge in [-0.1, -0.05) is 190 Å². The highest BCUT2D eigenvalue weighted by Gasteiger charge is 2.43. The molecule has 0 saturated carbocycles. The lowest BCUT2D eigenvalue weighted by Crippen LogP contribution is -2.42. The van der Waals surface area contributed by atoms with E-state index >= 15 is 0 Å². The topological polar surface area (TPSA) is 15.3 Å². The maximum atomic E-state index is 4.20. The summed E-state index contributed by atoms with van der Waals surface area (Å²) in [5.41, 5.74) is 29.7. The fourth-order valence-corrected chi connectivity index (χ4v) is 13.3. The van der Waals surface area contributed by atoms with Crippen molar-refractivity contribution in [2.45, 2.75) is 136 Å². The molecule has 0 spiro atoms. The number of nitrogens with zero attached hydrogens (tertiary/aromatic N) is 1. The molecule has 72 heavy (non-hydrogen) atoms. The second kappa shape index (κ2) is 16.2. The molecule has 4 aliphatic rings. The number of rotatable bonds is 6. The molecule has 1 aliphatic heterocycles. The van der Waals surface area contributed by atoms with E-state index in [0.717, 1.165) is 12.1 Å². The maximum Gasteiger partial charge on any atom is 0.197 e. The van der Waals surface area contributed by atoms with Crippen LogP contribution in [0.1, 0.15) is 139 Å². The Labute approximate surface area is 431 Å². The Morgan fingerprint density at radius 1 is 0.389 bits per heavy atom. The van der Waals surface area contributed by atoms with Crippen LogP contribution in [0.3, 0.4) is 0 Å². The zero-order valence-electron chi connectivity index (χ0n) is 44.8. The van der Waals surface area contributed by atoms with Gasteiger partial charge < -0.3 is 10.2 Å². The lowest BCUT2D eigenvalue weighted by atomic mass is 9.56. The van der Waals surface area contributed by atoms with Gasteiger partial charge in [0.2, 0.25) is 0 Å². The summed E-state index contributed by atoms with van der Waals surface area (Å²) in [4.78, 5) is 2.67. The fraction of sp³-hybridized carbons (Fsp3) is 0.304. The molecule has 0 saturated heterocycles. The van der Waals surface area contributed by atoms with E-state index in [1.807, 2.05) is 0 Å². The average molecular weight is 938 g/mol. The molecular weight excluding hydrogens is 868 g/mol. The molecule has 1 radical (unpaired) electrons. The first kappa shape index (κ1) is 46.5. The highest BCUT2D eigenvalue weighted by Crippen LogP contribution is 2.57. The highest BCUT2D eigenvalue weighted by atomic mass is 15.2. The van der Waals surface area contributed by atoms with Gasteiger partial charge in [0, 0.05) is 39.4 Å². The number of anilines is 5. The quantitative estimate of drug-likeness (QED) is 0.167. The number of benzene rings is 8. The van der Waals surface area contributed by atoms with Crippen LogP contribution in [0.15, 0.2) is 152 Å². The number of nitrogens with one attached hydrogen (secondary N) is 1. The van der Waals surface area contributed by atoms with E-state index in [2.05, 4.69) is 252 Å². The van der Waals surface area contributed by atoms with Crippen LogP contribution in [-0.2, 0) is 27.1 Å². The molecule has 8 aromatic carbocycles. The standard InChI is InChI=1S/C69H70BN2/c1-42-35-51-53(67(7,8)33-31-65(51,3)4)39-58(42)71-57-30-28-46(44-21-15-13-16-22-44)37-49(57)63-62-48-25-19-20-26-50(48)69(11,12)55(62)41-61-64(63)70-56-29-27-47(45-23-17-14-18-24-45)38-60(56)72(61)59-40-54-52(36-43(59)2)66(5,6)32-34-68(54,9)10/h13-30,35-41,71H,31-34H2,1-12H3. The largest absolute Gasteiger partial charge is 0.355 e. The summed E-state index contributed by atoms with van der Waals surface area (Å²) in [6, 6.07) is 58.1. The molecule has 8 aromatic rings. The van der Waals surface area contributed by atoms with Crippen LogP contribution in [0.2, 0.25) is 0 Å². The molecule has 0 fully saturated rings. The van der Waals surface area contributed by atoms with Crippen LogP contribution >= 0.6 is 0 Å². The third-order valence-electron chi connectivity index (χ3n) is 18.1. The summed E-state index contributed by atoms with van der Waals surface area (Å²) < 4.78 is 0. The molecule has 1 N–H and O–H groups in total. The van der Waals surface area contributed by atoms with Gasteiger partial charge in [0.15, 0.2) is 7.28 Å². The SMILES string of the molecule is Cc1cc2c(cc1Nc1ccc(-c3ccccc3)cc1-c1c3c(cc4c1-c1ccccc1C4(C)C)N(c1cc4c(cc1C)C(C)(C)CCC4(C)C)c1cc(-c4ccccc4)ccc1[B]3)C(C)(C)CCC2(C)C. The first-order valence-corrected chi connectivity index (χ1v) is 26.7. The van der Waals surface area contributed by atoms with Crippen molar-refractivity contribution in [3.63, 3.8) is 0 Å². The third-order valence-corrected chi connectivity index (χ3v) is 18.1. The summed E-state index contributed by atoms with van der Waals surface area (Å²) >= 11 is 0. The Morgan fingerprint density at radius 3 is 1.53 bits per heavy atom. The van der Waals surface area contributed by atoms with Crippen molar-refractivity contribution >= 4 is 46.6 Å². The van der Waals surface area contributed by atoms with Gasteiger partial charge in [0.25, 0.3) is 0 Å².